The highest BCUT2D eigenvalue weighted by Gasteiger charge is 2.34. The van der Waals surface area contributed by atoms with Gasteiger partial charge in [0.1, 0.15) is 11.5 Å². The summed E-state index contributed by atoms with van der Waals surface area (Å²) in [7, 11) is 0. The zero-order valence-corrected chi connectivity index (χ0v) is 33.4. The van der Waals surface area contributed by atoms with Crippen molar-refractivity contribution in [1.82, 2.24) is 4.57 Å². The second-order valence-corrected chi connectivity index (χ2v) is 16.0. The molecule has 0 bridgehead atoms. The topological polar surface area (TPSA) is 17.4 Å². The van der Waals surface area contributed by atoms with Crippen LogP contribution in [0.1, 0.15) is 23.5 Å². The molecular weight excluding hydrogens is 741 g/mol. The summed E-state index contributed by atoms with van der Waals surface area (Å²) >= 11 is 0. The van der Waals surface area contributed by atoms with Crippen LogP contribution in [0.25, 0.3) is 66.1 Å². The largest absolute Gasteiger partial charge is 0.460 e. The van der Waals surface area contributed by atoms with E-state index in [0.29, 0.717) is 0 Å². The molecule has 2 aliphatic rings. The second-order valence-electron chi connectivity index (χ2n) is 16.0. The first-order valence-electron chi connectivity index (χ1n) is 21.1. The molecule has 0 fully saturated rings. The quantitative estimate of drug-likeness (QED) is 0.160. The summed E-state index contributed by atoms with van der Waals surface area (Å²) in [6, 6.07) is 76.8. The minimum absolute atomic E-state index is 0.201. The van der Waals surface area contributed by atoms with Crippen LogP contribution in [0.4, 0.5) is 17.1 Å². The molecule has 2 heterocycles. The number of aromatic nitrogens is 1. The molecule has 0 amide bonds. The van der Waals surface area contributed by atoms with E-state index in [0.717, 1.165) is 57.4 Å². The van der Waals surface area contributed by atoms with Crippen LogP contribution in [-0.4, -0.2) is 4.57 Å². The lowest BCUT2D eigenvalue weighted by molar-refractivity contribution is 0.429. The van der Waals surface area contributed by atoms with Crippen LogP contribution < -0.4 is 9.64 Å². The van der Waals surface area contributed by atoms with E-state index in [1.165, 1.54) is 54.8 Å². The maximum atomic E-state index is 6.69. The van der Waals surface area contributed by atoms with Gasteiger partial charge < -0.3 is 14.2 Å². The molecule has 1 unspecified atom stereocenters. The first kappa shape index (κ1) is 35.1. The number of rotatable bonds is 7. The van der Waals surface area contributed by atoms with Crippen molar-refractivity contribution in [3.63, 3.8) is 0 Å². The Morgan fingerprint density at radius 1 is 0.459 bits per heavy atom. The molecule has 0 saturated carbocycles. The summed E-state index contributed by atoms with van der Waals surface area (Å²) in [6.45, 7) is 0. The standard InChI is InChI=1S/C58H40N2O/c1-2-17-44-39(15-1)16-13-23-45(44)40-31-35-42(36-32-40)59(54-27-9-6-21-49(54)51-24-14-25-52-50-22-7-12-30-57(50)61-58(51)52)43-37-33-41(34-38-43)46-18-3-8-26-53(46)60-55-28-10-4-19-47(55)48-20-5-11-29-56(48)60/h1-24,26-38,52H,25H2. The third-order valence-electron chi connectivity index (χ3n) is 12.6. The highest BCUT2D eigenvalue weighted by atomic mass is 16.5. The van der Waals surface area contributed by atoms with Crippen LogP contribution in [0.2, 0.25) is 0 Å². The number of hydrogen-bond acceptors (Lipinski definition) is 2. The maximum absolute atomic E-state index is 6.69. The summed E-state index contributed by atoms with van der Waals surface area (Å²) in [4.78, 5) is 2.40. The van der Waals surface area contributed by atoms with Crippen molar-refractivity contribution < 1.29 is 4.74 Å². The van der Waals surface area contributed by atoms with Crippen molar-refractivity contribution in [2.45, 2.75) is 12.3 Å². The average molecular weight is 781 g/mol. The van der Waals surface area contributed by atoms with Crippen LogP contribution in [0.5, 0.6) is 5.75 Å². The second kappa shape index (κ2) is 14.4. The smallest absolute Gasteiger partial charge is 0.130 e. The number of allylic oxidation sites excluding steroid dienone is 4. The Bertz CT molecular complexity index is 3310. The van der Waals surface area contributed by atoms with Crippen LogP contribution >= 0.6 is 0 Å². The molecule has 0 N–H and O–H groups in total. The maximum Gasteiger partial charge on any atom is 0.130 e. The van der Waals surface area contributed by atoms with Crippen molar-refractivity contribution in [3.8, 4) is 33.7 Å². The molecule has 0 radical (unpaired) electrons. The Balaban J connectivity index is 1.00. The van der Waals surface area contributed by atoms with E-state index >= 15 is 0 Å². The third-order valence-corrected chi connectivity index (χ3v) is 12.6. The van der Waals surface area contributed by atoms with Gasteiger partial charge >= 0.3 is 0 Å². The van der Waals surface area contributed by atoms with Crippen molar-refractivity contribution in [2.75, 3.05) is 4.90 Å². The lowest BCUT2D eigenvalue weighted by atomic mass is 9.86. The summed E-state index contributed by atoms with van der Waals surface area (Å²) in [5.41, 5.74) is 15.0. The van der Waals surface area contributed by atoms with Crippen LogP contribution in [0.15, 0.2) is 230 Å². The van der Waals surface area contributed by atoms with Crippen LogP contribution in [0, 0.1) is 0 Å². The lowest BCUT2D eigenvalue weighted by Gasteiger charge is -2.29. The molecule has 10 aromatic rings. The van der Waals surface area contributed by atoms with Gasteiger partial charge in [-0.25, -0.2) is 0 Å². The van der Waals surface area contributed by atoms with E-state index in [4.69, 9.17) is 4.74 Å². The average Bonchev–Trinajstić information content (AvgIpc) is 3.88. The minimum Gasteiger partial charge on any atom is -0.460 e. The number of benzene rings is 9. The Morgan fingerprint density at radius 2 is 1.02 bits per heavy atom. The van der Waals surface area contributed by atoms with Gasteiger partial charge in [-0.3, -0.25) is 0 Å². The number of fused-ring (bicyclic) bond motifs is 7. The Labute approximate surface area is 355 Å². The molecule has 1 atom stereocenters. The summed E-state index contributed by atoms with van der Waals surface area (Å²) in [5, 5.41) is 5.00. The highest BCUT2D eigenvalue weighted by molar-refractivity contribution is 6.09. The fourth-order valence-corrected chi connectivity index (χ4v) is 9.77. The predicted octanol–water partition coefficient (Wildman–Crippen LogP) is 15.6. The van der Waals surface area contributed by atoms with Gasteiger partial charge in [0, 0.05) is 50.3 Å². The molecule has 3 heteroatoms. The van der Waals surface area contributed by atoms with Gasteiger partial charge in [-0.15, -0.1) is 0 Å². The van der Waals surface area contributed by atoms with E-state index in [1.54, 1.807) is 0 Å². The summed E-state index contributed by atoms with van der Waals surface area (Å²) in [5.74, 6) is 2.19. The van der Waals surface area contributed by atoms with Gasteiger partial charge in [-0.1, -0.05) is 170 Å². The lowest BCUT2D eigenvalue weighted by Crippen LogP contribution is -2.13. The van der Waals surface area contributed by atoms with Crippen molar-refractivity contribution in [1.29, 1.82) is 0 Å². The SMILES string of the molecule is C1=CC(c2ccccc2N(c2ccc(-c3ccccc3-n3c4ccccc4c4ccccc43)cc2)c2ccc(-c3cccc4ccccc34)cc2)=C2Oc3ccccc3C2C1. The fraction of sp³-hybridized carbons (Fsp3) is 0.0345. The number of hydrogen-bond donors (Lipinski definition) is 0. The van der Waals surface area contributed by atoms with E-state index in [1.807, 2.05) is 0 Å². The molecule has 3 nitrogen and oxygen atoms in total. The van der Waals surface area contributed by atoms with Gasteiger partial charge in [0.25, 0.3) is 0 Å². The minimum atomic E-state index is 0.201. The molecule has 1 aromatic heterocycles. The molecular formula is C58H40N2O. The molecule has 1 aliphatic heterocycles. The summed E-state index contributed by atoms with van der Waals surface area (Å²) in [6.07, 6.45) is 5.49. The van der Waals surface area contributed by atoms with Gasteiger partial charge in [0.05, 0.1) is 22.4 Å². The van der Waals surface area contributed by atoms with Crippen molar-refractivity contribution in [2.24, 2.45) is 0 Å². The van der Waals surface area contributed by atoms with Gasteiger partial charge in [0.15, 0.2) is 0 Å². The Kier molecular flexibility index (Phi) is 8.31. The zero-order valence-electron chi connectivity index (χ0n) is 33.4. The molecule has 0 saturated heterocycles. The number of anilines is 3. The molecule has 61 heavy (non-hydrogen) atoms. The first-order chi connectivity index (χ1) is 30.3. The normalized spacial score (nSPS) is 14.3. The molecule has 288 valence electrons. The van der Waals surface area contributed by atoms with Crippen molar-refractivity contribution >= 4 is 55.2 Å². The van der Waals surface area contributed by atoms with Crippen LogP contribution in [-0.2, 0) is 0 Å². The van der Waals surface area contributed by atoms with E-state index in [2.05, 4.69) is 234 Å². The summed E-state index contributed by atoms with van der Waals surface area (Å²) < 4.78 is 9.11. The van der Waals surface area contributed by atoms with Crippen molar-refractivity contribution in [3.05, 3.63) is 241 Å². The predicted molar refractivity (Wildman–Crippen MR) is 254 cm³/mol. The van der Waals surface area contributed by atoms with Gasteiger partial charge in [-0.05, 0) is 88.5 Å². The Morgan fingerprint density at radius 3 is 1.77 bits per heavy atom. The van der Waals surface area contributed by atoms with Crippen LogP contribution in [0.3, 0.4) is 0 Å². The molecule has 12 rings (SSSR count). The monoisotopic (exact) mass is 780 g/mol. The van der Waals surface area contributed by atoms with E-state index in [-0.39, 0.29) is 5.92 Å². The highest BCUT2D eigenvalue weighted by Crippen LogP contribution is 2.50. The van der Waals surface area contributed by atoms with E-state index in [9.17, 15) is 0 Å². The first-order valence-corrected chi connectivity index (χ1v) is 21.1. The number of ether oxygens (including phenoxy) is 1. The Hall–Kier alpha value is -7.88. The van der Waals surface area contributed by atoms with E-state index < -0.39 is 0 Å². The fourth-order valence-electron chi connectivity index (χ4n) is 9.77. The molecule has 1 aliphatic carbocycles. The zero-order chi connectivity index (χ0) is 40.3. The van der Waals surface area contributed by atoms with Gasteiger partial charge in [-0.2, -0.15) is 0 Å². The third kappa shape index (κ3) is 5.81. The van der Waals surface area contributed by atoms with Gasteiger partial charge in [0.2, 0.25) is 0 Å². The molecule has 9 aromatic carbocycles. The molecule has 0 spiro atoms. The number of para-hydroxylation sites is 5. The number of nitrogens with zero attached hydrogens (tertiary/aromatic N) is 2.